The summed E-state index contributed by atoms with van der Waals surface area (Å²) in [6, 6.07) is 3.62. The van der Waals surface area contributed by atoms with Crippen molar-refractivity contribution in [2.75, 3.05) is 6.54 Å². The van der Waals surface area contributed by atoms with E-state index in [0.29, 0.717) is 31.4 Å². The van der Waals surface area contributed by atoms with Crippen molar-refractivity contribution in [2.24, 2.45) is 0 Å². The molecule has 0 aromatic heterocycles. The lowest BCUT2D eigenvalue weighted by Gasteiger charge is -2.21. The van der Waals surface area contributed by atoms with Crippen molar-refractivity contribution in [1.82, 2.24) is 4.90 Å². The maximum Gasteiger partial charge on any atom is 0.326 e. The predicted octanol–water partition coefficient (Wildman–Crippen LogP) is 2.60. The summed E-state index contributed by atoms with van der Waals surface area (Å²) in [7, 11) is 0. The molecule has 0 bridgehead atoms. The highest BCUT2D eigenvalue weighted by molar-refractivity contribution is 9.10. The topological polar surface area (TPSA) is 57.6 Å². The smallest absolute Gasteiger partial charge is 0.326 e. The predicted molar refractivity (Wildman–Crippen MR) is 74.8 cm³/mol. The van der Waals surface area contributed by atoms with Crippen LogP contribution < -0.4 is 0 Å². The van der Waals surface area contributed by atoms with Crippen LogP contribution in [0.1, 0.15) is 24.8 Å². The lowest BCUT2D eigenvalue weighted by molar-refractivity contribution is -0.148. The summed E-state index contributed by atoms with van der Waals surface area (Å²) in [5, 5.41) is 9.05. The van der Waals surface area contributed by atoms with Crippen LogP contribution in [-0.2, 0) is 16.0 Å². The number of benzene rings is 1. The van der Waals surface area contributed by atoms with Gasteiger partial charge < -0.3 is 10.0 Å². The normalized spacial score (nSPS) is 18.3. The number of carbonyl (C=O) groups is 2. The molecule has 1 atom stereocenters. The highest BCUT2D eigenvalue weighted by Gasteiger charge is 2.33. The molecule has 0 spiro atoms. The number of aliphatic carboxylic acids is 1. The second-order valence-corrected chi connectivity index (χ2v) is 5.67. The summed E-state index contributed by atoms with van der Waals surface area (Å²) in [4.78, 5) is 24.5. The highest BCUT2D eigenvalue weighted by Crippen LogP contribution is 2.22. The fourth-order valence-corrected chi connectivity index (χ4v) is 2.89. The number of carbonyl (C=O) groups excluding carboxylic acids is 1. The number of hydrogen-bond donors (Lipinski definition) is 1. The van der Waals surface area contributed by atoms with Crippen LogP contribution >= 0.6 is 15.9 Å². The van der Waals surface area contributed by atoms with Crippen molar-refractivity contribution in [3.05, 3.63) is 34.1 Å². The van der Waals surface area contributed by atoms with Crippen molar-refractivity contribution in [3.63, 3.8) is 0 Å². The molecule has 1 amide bonds. The zero-order valence-electron chi connectivity index (χ0n) is 10.8. The van der Waals surface area contributed by atoms with Crippen molar-refractivity contribution in [1.29, 1.82) is 0 Å². The third kappa shape index (κ3) is 3.36. The van der Waals surface area contributed by atoms with Gasteiger partial charge in [0.1, 0.15) is 11.9 Å². The van der Waals surface area contributed by atoms with E-state index in [9.17, 15) is 14.0 Å². The van der Waals surface area contributed by atoms with Crippen LogP contribution in [0.25, 0.3) is 0 Å². The van der Waals surface area contributed by atoms with Crippen LogP contribution in [0.5, 0.6) is 0 Å². The molecule has 108 valence electrons. The van der Waals surface area contributed by atoms with Crippen LogP contribution in [0.4, 0.5) is 4.39 Å². The van der Waals surface area contributed by atoms with E-state index in [1.807, 2.05) is 0 Å². The van der Waals surface area contributed by atoms with Gasteiger partial charge in [0, 0.05) is 17.4 Å². The standard InChI is InChI=1S/C14H15BrFNO3/c15-11-5-4-10(16)8-9(11)3-6-13(18)17-7-1-2-12(17)14(19)20/h4-5,8,12H,1-3,6-7H2,(H,19,20). The minimum atomic E-state index is -0.956. The second kappa shape index (κ2) is 6.35. The van der Waals surface area contributed by atoms with Gasteiger partial charge in [-0.05, 0) is 43.0 Å². The number of likely N-dealkylation sites (tertiary alicyclic amines) is 1. The van der Waals surface area contributed by atoms with Gasteiger partial charge >= 0.3 is 5.97 Å². The van der Waals surface area contributed by atoms with Gasteiger partial charge in [-0.15, -0.1) is 0 Å². The molecule has 2 rings (SSSR count). The van der Waals surface area contributed by atoms with E-state index in [2.05, 4.69) is 15.9 Å². The molecule has 1 heterocycles. The molecule has 0 saturated carbocycles. The van der Waals surface area contributed by atoms with E-state index in [1.165, 1.54) is 17.0 Å². The number of rotatable bonds is 4. The molecular formula is C14H15BrFNO3. The summed E-state index contributed by atoms with van der Waals surface area (Å²) in [6.45, 7) is 0.486. The lowest BCUT2D eigenvalue weighted by Crippen LogP contribution is -2.40. The Balaban J connectivity index is 1.98. The lowest BCUT2D eigenvalue weighted by atomic mass is 10.1. The SMILES string of the molecule is O=C(O)C1CCCN1C(=O)CCc1cc(F)ccc1Br. The summed E-state index contributed by atoms with van der Waals surface area (Å²) < 4.78 is 13.9. The maximum absolute atomic E-state index is 13.1. The third-order valence-electron chi connectivity index (χ3n) is 3.47. The zero-order valence-corrected chi connectivity index (χ0v) is 12.4. The third-order valence-corrected chi connectivity index (χ3v) is 4.25. The van der Waals surface area contributed by atoms with Gasteiger partial charge in [0.15, 0.2) is 0 Å². The number of hydrogen-bond acceptors (Lipinski definition) is 2. The van der Waals surface area contributed by atoms with Gasteiger partial charge in [0.25, 0.3) is 0 Å². The van der Waals surface area contributed by atoms with Crippen molar-refractivity contribution in [2.45, 2.75) is 31.7 Å². The Bertz CT molecular complexity index is 535. The van der Waals surface area contributed by atoms with Crippen molar-refractivity contribution >= 4 is 27.8 Å². The van der Waals surface area contributed by atoms with Gasteiger partial charge in [-0.2, -0.15) is 0 Å². The Morgan fingerprint density at radius 2 is 2.20 bits per heavy atom. The van der Waals surface area contributed by atoms with Crippen molar-refractivity contribution < 1.29 is 19.1 Å². The Morgan fingerprint density at radius 1 is 1.45 bits per heavy atom. The Hall–Kier alpha value is -1.43. The fraction of sp³-hybridized carbons (Fsp3) is 0.429. The first-order chi connectivity index (χ1) is 9.49. The van der Waals surface area contributed by atoms with Gasteiger partial charge in [-0.3, -0.25) is 4.79 Å². The largest absolute Gasteiger partial charge is 0.480 e. The van der Waals surface area contributed by atoms with Crippen LogP contribution in [0.2, 0.25) is 0 Å². The average Bonchev–Trinajstić information content (AvgIpc) is 2.89. The molecule has 1 aliphatic heterocycles. The molecule has 1 aromatic rings. The van der Waals surface area contributed by atoms with Crippen LogP contribution in [0.3, 0.4) is 0 Å². The van der Waals surface area contributed by atoms with E-state index in [0.717, 1.165) is 4.47 Å². The molecule has 1 saturated heterocycles. The summed E-state index contributed by atoms with van der Waals surface area (Å²) >= 11 is 3.31. The Labute approximate surface area is 124 Å². The minimum absolute atomic E-state index is 0.186. The molecule has 20 heavy (non-hydrogen) atoms. The number of carboxylic acids is 1. The van der Waals surface area contributed by atoms with Crippen LogP contribution in [0.15, 0.2) is 22.7 Å². The van der Waals surface area contributed by atoms with Crippen molar-refractivity contribution in [3.8, 4) is 0 Å². The van der Waals surface area contributed by atoms with Crippen LogP contribution in [-0.4, -0.2) is 34.5 Å². The first-order valence-corrected chi connectivity index (χ1v) is 7.24. The summed E-state index contributed by atoms with van der Waals surface area (Å²) in [6.07, 6.45) is 1.79. The van der Waals surface area contributed by atoms with E-state index in [-0.39, 0.29) is 18.1 Å². The van der Waals surface area contributed by atoms with Crippen LogP contribution in [0, 0.1) is 5.82 Å². The minimum Gasteiger partial charge on any atom is -0.480 e. The van der Waals surface area contributed by atoms with Gasteiger partial charge in [0.05, 0.1) is 0 Å². The molecule has 0 radical (unpaired) electrons. The summed E-state index contributed by atoms with van der Waals surface area (Å²) in [5.74, 6) is -1.49. The highest BCUT2D eigenvalue weighted by atomic mass is 79.9. The maximum atomic E-state index is 13.1. The number of aryl methyl sites for hydroxylation is 1. The van der Waals surface area contributed by atoms with Gasteiger partial charge in [-0.1, -0.05) is 15.9 Å². The molecular weight excluding hydrogens is 329 g/mol. The monoisotopic (exact) mass is 343 g/mol. The first-order valence-electron chi connectivity index (χ1n) is 6.45. The molecule has 4 nitrogen and oxygen atoms in total. The number of nitrogens with zero attached hydrogens (tertiary/aromatic N) is 1. The quantitative estimate of drug-likeness (QED) is 0.914. The average molecular weight is 344 g/mol. The molecule has 6 heteroatoms. The Morgan fingerprint density at radius 3 is 2.90 bits per heavy atom. The molecule has 0 aliphatic carbocycles. The fourth-order valence-electron chi connectivity index (χ4n) is 2.44. The van der Waals surface area contributed by atoms with E-state index < -0.39 is 12.0 Å². The van der Waals surface area contributed by atoms with E-state index in [1.54, 1.807) is 6.07 Å². The molecule has 1 unspecified atom stereocenters. The molecule has 1 aromatic carbocycles. The molecule has 1 fully saturated rings. The summed E-state index contributed by atoms with van der Waals surface area (Å²) in [5.41, 5.74) is 0.712. The van der Waals surface area contributed by atoms with E-state index in [4.69, 9.17) is 5.11 Å². The number of carboxylic acid groups (broad SMARTS) is 1. The first kappa shape index (κ1) is 15.0. The molecule has 1 N–H and O–H groups in total. The Kier molecular flexibility index (Phi) is 4.75. The van der Waals surface area contributed by atoms with E-state index >= 15 is 0 Å². The van der Waals surface area contributed by atoms with Gasteiger partial charge in [0.2, 0.25) is 5.91 Å². The van der Waals surface area contributed by atoms with Gasteiger partial charge in [-0.25, -0.2) is 9.18 Å². The number of amides is 1. The second-order valence-electron chi connectivity index (χ2n) is 4.82. The zero-order chi connectivity index (χ0) is 14.7. The number of halogens is 2. The molecule has 1 aliphatic rings.